The number of nitrogens with zero attached hydrogens (tertiary/aromatic N) is 3. The normalized spacial score (nSPS) is 10.9. The first-order valence-corrected chi connectivity index (χ1v) is 10.3. The Balaban J connectivity index is 1.49. The smallest absolute Gasteiger partial charge is 0.270 e. The predicted octanol–water partition coefficient (Wildman–Crippen LogP) is 5.21. The molecular formula is C22H20N4O3S. The molecule has 0 fully saturated rings. The Hall–Kier alpha value is -3.52. The van der Waals surface area contributed by atoms with E-state index in [0.29, 0.717) is 28.1 Å². The molecule has 2 aromatic carbocycles. The molecule has 8 heteroatoms. The summed E-state index contributed by atoms with van der Waals surface area (Å²) in [5.74, 6) is 1.36. The molecule has 0 saturated heterocycles. The molecule has 0 aliphatic carbocycles. The molecule has 152 valence electrons. The SMILES string of the molecule is Cc1nc(NC(=O)c2ccc(OC(C)C)cc2)sc1-c1nc(-c2ccccc2)no1. The maximum atomic E-state index is 12.6. The van der Waals surface area contributed by atoms with Crippen molar-refractivity contribution in [2.24, 2.45) is 0 Å². The van der Waals surface area contributed by atoms with Gasteiger partial charge in [-0.25, -0.2) is 4.98 Å². The van der Waals surface area contributed by atoms with Gasteiger partial charge in [0.15, 0.2) is 5.13 Å². The van der Waals surface area contributed by atoms with Crippen LogP contribution in [-0.2, 0) is 0 Å². The minimum absolute atomic E-state index is 0.0773. The highest BCUT2D eigenvalue weighted by Crippen LogP contribution is 2.33. The number of hydrogen-bond donors (Lipinski definition) is 1. The third-order valence-corrected chi connectivity index (χ3v) is 5.22. The fraction of sp³-hybridized carbons (Fsp3) is 0.182. The second kappa shape index (κ2) is 8.46. The summed E-state index contributed by atoms with van der Waals surface area (Å²) < 4.78 is 11.0. The molecule has 0 unspecified atom stereocenters. The van der Waals surface area contributed by atoms with E-state index in [1.807, 2.05) is 51.1 Å². The van der Waals surface area contributed by atoms with Gasteiger partial charge >= 0.3 is 0 Å². The van der Waals surface area contributed by atoms with Crippen LogP contribution in [0.2, 0.25) is 0 Å². The van der Waals surface area contributed by atoms with Crippen LogP contribution in [0.25, 0.3) is 22.2 Å². The molecule has 0 bridgehead atoms. The van der Waals surface area contributed by atoms with Gasteiger partial charge in [-0.3, -0.25) is 10.1 Å². The highest BCUT2D eigenvalue weighted by Gasteiger charge is 2.18. The fourth-order valence-electron chi connectivity index (χ4n) is 2.79. The summed E-state index contributed by atoms with van der Waals surface area (Å²) in [6, 6.07) is 16.6. The molecule has 0 spiro atoms. The standard InChI is InChI=1S/C22H20N4O3S/c1-13(2)28-17-11-9-16(10-12-17)20(27)25-22-23-14(3)18(30-22)21-24-19(26-29-21)15-7-5-4-6-8-15/h4-13H,1-3H3,(H,23,25,27). The number of benzene rings is 2. The minimum atomic E-state index is -0.248. The molecule has 4 rings (SSSR count). The van der Waals surface area contributed by atoms with Gasteiger partial charge in [0.05, 0.1) is 11.8 Å². The van der Waals surface area contributed by atoms with Crippen LogP contribution in [0, 0.1) is 6.92 Å². The monoisotopic (exact) mass is 420 g/mol. The van der Waals surface area contributed by atoms with E-state index in [9.17, 15) is 4.79 Å². The molecule has 4 aromatic rings. The van der Waals surface area contributed by atoms with Gasteiger partial charge in [-0.15, -0.1) is 0 Å². The first-order valence-electron chi connectivity index (χ1n) is 9.44. The largest absolute Gasteiger partial charge is 0.491 e. The van der Waals surface area contributed by atoms with Crippen LogP contribution in [0.4, 0.5) is 5.13 Å². The number of carbonyl (C=O) groups is 1. The van der Waals surface area contributed by atoms with Gasteiger partial charge in [-0.2, -0.15) is 4.98 Å². The van der Waals surface area contributed by atoms with E-state index in [2.05, 4.69) is 20.4 Å². The van der Waals surface area contributed by atoms with Gasteiger partial charge in [-0.05, 0) is 45.0 Å². The Morgan fingerprint density at radius 2 is 1.80 bits per heavy atom. The number of rotatable bonds is 6. The molecule has 0 aliphatic heterocycles. The second-order valence-electron chi connectivity index (χ2n) is 6.87. The molecule has 0 aliphatic rings. The Morgan fingerprint density at radius 1 is 1.07 bits per heavy atom. The number of ether oxygens (including phenoxy) is 1. The number of anilines is 1. The Morgan fingerprint density at radius 3 is 2.50 bits per heavy atom. The van der Waals surface area contributed by atoms with Gasteiger partial charge in [-0.1, -0.05) is 46.8 Å². The lowest BCUT2D eigenvalue weighted by molar-refractivity contribution is 0.102. The number of nitrogens with one attached hydrogen (secondary N) is 1. The molecule has 2 heterocycles. The lowest BCUT2D eigenvalue weighted by atomic mass is 10.2. The molecule has 30 heavy (non-hydrogen) atoms. The summed E-state index contributed by atoms with van der Waals surface area (Å²) in [6.07, 6.45) is 0.0773. The quantitative estimate of drug-likeness (QED) is 0.461. The van der Waals surface area contributed by atoms with Crippen LogP contribution >= 0.6 is 11.3 Å². The number of aryl methyl sites for hydroxylation is 1. The number of thiazole rings is 1. The van der Waals surface area contributed by atoms with Crippen molar-refractivity contribution in [1.82, 2.24) is 15.1 Å². The zero-order valence-corrected chi connectivity index (χ0v) is 17.6. The van der Waals surface area contributed by atoms with Crippen LogP contribution in [-0.4, -0.2) is 27.1 Å². The Bertz CT molecular complexity index is 1150. The summed E-state index contributed by atoms with van der Waals surface area (Å²) in [7, 11) is 0. The zero-order chi connectivity index (χ0) is 21.1. The van der Waals surface area contributed by atoms with Gasteiger partial charge < -0.3 is 9.26 Å². The average molecular weight is 420 g/mol. The van der Waals surface area contributed by atoms with Crippen molar-refractivity contribution in [1.29, 1.82) is 0 Å². The second-order valence-corrected chi connectivity index (χ2v) is 7.87. The molecule has 0 radical (unpaired) electrons. The van der Waals surface area contributed by atoms with E-state index < -0.39 is 0 Å². The summed E-state index contributed by atoms with van der Waals surface area (Å²) >= 11 is 1.29. The average Bonchev–Trinajstić information content (AvgIpc) is 3.35. The molecule has 1 N–H and O–H groups in total. The lowest BCUT2D eigenvalue weighted by Gasteiger charge is -2.09. The third kappa shape index (κ3) is 4.38. The van der Waals surface area contributed by atoms with E-state index in [4.69, 9.17) is 9.26 Å². The number of hydrogen-bond acceptors (Lipinski definition) is 7. The van der Waals surface area contributed by atoms with Crippen molar-refractivity contribution < 1.29 is 14.1 Å². The Kier molecular flexibility index (Phi) is 5.58. The maximum absolute atomic E-state index is 12.6. The first-order chi connectivity index (χ1) is 14.5. The van der Waals surface area contributed by atoms with Crippen molar-refractivity contribution in [3.63, 3.8) is 0 Å². The van der Waals surface area contributed by atoms with Crippen LogP contribution in [0.1, 0.15) is 29.9 Å². The van der Waals surface area contributed by atoms with Crippen molar-refractivity contribution in [3.05, 3.63) is 65.9 Å². The van der Waals surface area contributed by atoms with Crippen molar-refractivity contribution in [2.75, 3.05) is 5.32 Å². The molecule has 1 amide bonds. The van der Waals surface area contributed by atoms with Crippen molar-refractivity contribution >= 4 is 22.4 Å². The van der Waals surface area contributed by atoms with Crippen LogP contribution < -0.4 is 10.1 Å². The summed E-state index contributed by atoms with van der Waals surface area (Å²) in [5, 5.41) is 7.34. The van der Waals surface area contributed by atoms with E-state index in [1.165, 1.54) is 11.3 Å². The first kappa shape index (κ1) is 19.8. The summed E-state index contributed by atoms with van der Waals surface area (Å²) in [5.41, 5.74) is 2.09. The van der Waals surface area contributed by atoms with Gasteiger partial charge in [0.25, 0.3) is 11.8 Å². The zero-order valence-electron chi connectivity index (χ0n) is 16.7. The maximum Gasteiger partial charge on any atom is 0.270 e. The number of carbonyl (C=O) groups excluding carboxylic acids is 1. The minimum Gasteiger partial charge on any atom is -0.491 e. The molecular weight excluding hydrogens is 400 g/mol. The topological polar surface area (TPSA) is 90.1 Å². The summed E-state index contributed by atoms with van der Waals surface area (Å²) in [4.78, 5) is 22.2. The molecule has 7 nitrogen and oxygen atoms in total. The predicted molar refractivity (Wildman–Crippen MR) is 116 cm³/mol. The van der Waals surface area contributed by atoms with Crippen LogP contribution in [0.15, 0.2) is 59.1 Å². The van der Waals surface area contributed by atoms with Crippen molar-refractivity contribution in [3.8, 4) is 27.9 Å². The van der Waals surface area contributed by atoms with E-state index in [0.717, 1.165) is 16.2 Å². The van der Waals surface area contributed by atoms with Crippen LogP contribution in [0.3, 0.4) is 0 Å². The fourth-order valence-corrected chi connectivity index (χ4v) is 3.68. The van der Waals surface area contributed by atoms with Gasteiger partial charge in [0, 0.05) is 11.1 Å². The number of aromatic nitrogens is 3. The highest BCUT2D eigenvalue weighted by atomic mass is 32.1. The van der Waals surface area contributed by atoms with E-state index in [-0.39, 0.29) is 12.0 Å². The lowest BCUT2D eigenvalue weighted by Crippen LogP contribution is -2.12. The molecule has 0 atom stereocenters. The van der Waals surface area contributed by atoms with Crippen molar-refractivity contribution in [2.45, 2.75) is 26.9 Å². The van der Waals surface area contributed by atoms with Gasteiger partial charge in [0.1, 0.15) is 10.6 Å². The Labute approximate surface area is 177 Å². The highest BCUT2D eigenvalue weighted by molar-refractivity contribution is 7.19. The summed E-state index contributed by atoms with van der Waals surface area (Å²) in [6.45, 7) is 5.75. The molecule has 0 saturated carbocycles. The van der Waals surface area contributed by atoms with Crippen LogP contribution in [0.5, 0.6) is 5.75 Å². The molecule has 2 aromatic heterocycles. The number of amides is 1. The third-order valence-electron chi connectivity index (χ3n) is 4.16. The van der Waals surface area contributed by atoms with E-state index in [1.54, 1.807) is 24.3 Å². The van der Waals surface area contributed by atoms with Gasteiger partial charge in [0.2, 0.25) is 5.82 Å². The van der Waals surface area contributed by atoms with E-state index >= 15 is 0 Å².